The van der Waals surface area contributed by atoms with Crippen LogP contribution in [0.3, 0.4) is 0 Å². The van der Waals surface area contributed by atoms with Crippen molar-refractivity contribution < 1.29 is 19.1 Å². The maximum atomic E-state index is 12.1. The second-order valence-corrected chi connectivity index (χ2v) is 5.35. The average molecular weight is 285 g/mol. The highest BCUT2D eigenvalue weighted by atomic mass is 32.2. The Morgan fingerprint density at radius 3 is 2.37 bits per heavy atom. The van der Waals surface area contributed by atoms with Crippen molar-refractivity contribution in [2.45, 2.75) is 33.2 Å². The molecule has 1 heterocycles. The van der Waals surface area contributed by atoms with Crippen LogP contribution in [0.25, 0.3) is 0 Å². The molecule has 19 heavy (non-hydrogen) atoms. The normalized spacial score (nSPS) is 12.2. The van der Waals surface area contributed by atoms with Crippen molar-refractivity contribution in [3.63, 3.8) is 0 Å². The van der Waals surface area contributed by atoms with Crippen molar-refractivity contribution in [1.82, 2.24) is 5.32 Å². The first kappa shape index (κ1) is 15.6. The van der Waals surface area contributed by atoms with E-state index < -0.39 is 12.0 Å². The van der Waals surface area contributed by atoms with Crippen LogP contribution in [0.4, 0.5) is 0 Å². The van der Waals surface area contributed by atoms with Crippen LogP contribution in [0.5, 0.6) is 0 Å². The van der Waals surface area contributed by atoms with Gasteiger partial charge in [0.2, 0.25) is 0 Å². The lowest BCUT2D eigenvalue weighted by molar-refractivity contribution is -0.139. The van der Waals surface area contributed by atoms with Crippen molar-refractivity contribution >= 4 is 23.6 Å². The Balaban J connectivity index is 2.85. The first-order valence-electron chi connectivity index (χ1n) is 5.97. The maximum Gasteiger partial charge on any atom is 0.326 e. The van der Waals surface area contributed by atoms with Crippen LogP contribution in [0.1, 0.15) is 33.9 Å². The van der Waals surface area contributed by atoms with Gasteiger partial charge in [-0.15, -0.1) is 0 Å². The monoisotopic (exact) mass is 285 g/mol. The highest BCUT2D eigenvalue weighted by molar-refractivity contribution is 7.98. The molecular formula is C13H19NO4S. The van der Waals surface area contributed by atoms with Gasteiger partial charge in [0.1, 0.15) is 17.6 Å². The number of hydrogen-bond acceptors (Lipinski definition) is 4. The molecule has 1 aromatic heterocycles. The van der Waals surface area contributed by atoms with Crippen LogP contribution in [0.15, 0.2) is 4.42 Å². The molecule has 1 aromatic rings. The van der Waals surface area contributed by atoms with Crippen molar-refractivity contribution in [1.29, 1.82) is 0 Å². The third-order valence-electron chi connectivity index (χ3n) is 3.00. The van der Waals surface area contributed by atoms with E-state index in [1.807, 2.05) is 6.26 Å². The lowest BCUT2D eigenvalue weighted by Crippen LogP contribution is -2.41. The van der Waals surface area contributed by atoms with Gasteiger partial charge in [0.25, 0.3) is 5.91 Å². The number of aryl methyl sites for hydroxylation is 2. The topological polar surface area (TPSA) is 79.5 Å². The van der Waals surface area contributed by atoms with Crippen LogP contribution < -0.4 is 5.32 Å². The van der Waals surface area contributed by atoms with Gasteiger partial charge >= 0.3 is 5.97 Å². The van der Waals surface area contributed by atoms with Gasteiger partial charge in [-0.25, -0.2) is 4.79 Å². The van der Waals surface area contributed by atoms with Gasteiger partial charge in [-0.2, -0.15) is 11.8 Å². The number of furan rings is 1. The number of nitrogens with one attached hydrogen (secondary N) is 1. The fourth-order valence-electron chi connectivity index (χ4n) is 1.85. The van der Waals surface area contributed by atoms with E-state index in [1.54, 1.807) is 32.5 Å². The zero-order chi connectivity index (χ0) is 14.6. The van der Waals surface area contributed by atoms with E-state index in [4.69, 9.17) is 9.52 Å². The van der Waals surface area contributed by atoms with Crippen LogP contribution in [0.2, 0.25) is 0 Å². The van der Waals surface area contributed by atoms with Gasteiger partial charge in [0.15, 0.2) is 0 Å². The van der Waals surface area contributed by atoms with E-state index in [0.29, 0.717) is 29.3 Å². The molecule has 0 saturated heterocycles. The number of aliphatic carboxylic acids is 1. The molecule has 0 fully saturated rings. The van der Waals surface area contributed by atoms with Crippen LogP contribution in [-0.2, 0) is 4.79 Å². The summed E-state index contributed by atoms with van der Waals surface area (Å²) in [5.74, 6) is 0.470. The third-order valence-corrected chi connectivity index (χ3v) is 3.65. The molecular weight excluding hydrogens is 266 g/mol. The Hall–Kier alpha value is -1.43. The lowest BCUT2D eigenvalue weighted by Gasteiger charge is -2.14. The van der Waals surface area contributed by atoms with Crippen molar-refractivity contribution in [3.05, 3.63) is 22.6 Å². The number of amides is 1. The minimum atomic E-state index is -1.02. The number of thioether (sulfide) groups is 1. The summed E-state index contributed by atoms with van der Waals surface area (Å²) in [6.07, 6.45) is 2.30. The smallest absolute Gasteiger partial charge is 0.326 e. The predicted molar refractivity (Wildman–Crippen MR) is 74.8 cm³/mol. The van der Waals surface area contributed by atoms with Crippen molar-refractivity contribution in [3.8, 4) is 0 Å². The first-order chi connectivity index (χ1) is 8.88. The van der Waals surface area contributed by atoms with E-state index in [2.05, 4.69) is 5.32 Å². The largest absolute Gasteiger partial charge is 0.480 e. The summed E-state index contributed by atoms with van der Waals surface area (Å²) < 4.78 is 5.38. The molecule has 106 valence electrons. The van der Waals surface area contributed by atoms with Crippen LogP contribution >= 0.6 is 11.8 Å². The summed E-state index contributed by atoms with van der Waals surface area (Å²) in [4.78, 5) is 23.2. The summed E-state index contributed by atoms with van der Waals surface area (Å²) in [6, 6.07) is -0.867. The van der Waals surface area contributed by atoms with E-state index in [9.17, 15) is 9.59 Å². The molecule has 0 aromatic carbocycles. The van der Waals surface area contributed by atoms with Crippen molar-refractivity contribution in [2.75, 3.05) is 12.0 Å². The highest BCUT2D eigenvalue weighted by Gasteiger charge is 2.24. The van der Waals surface area contributed by atoms with Gasteiger partial charge in [0, 0.05) is 5.56 Å². The number of carbonyl (C=O) groups excluding carboxylic acids is 1. The SMILES string of the molecule is CSCC[C@@H](NC(=O)c1c(C)oc(C)c1C)C(=O)O. The second-order valence-electron chi connectivity index (χ2n) is 4.36. The Kier molecular flexibility index (Phi) is 5.47. The second kappa shape index (κ2) is 6.65. The molecule has 1 amide bonds. The van der Waals surface area contributed by atoms with E-state index >= 15 is 0 Å². The van der Waals surface area contributed by atoms with Crippen molar-refractivity contribution in [2.24, 2.45) is 0 Å². The summed E-state index contributed by atoms with van der Waals surface area (Å²) in [7, 11) is 0. The Morgan fingerprint density at radius 2 is 1.95 bits per heavy atom. The highest BCUT2D eigenvalue weighted by Crippen LogP contribution is 2.20. The van der Waals surface area contributed by atoms with Gasteiger partial charge in [-0.1, -0.05) is 0 Å². The standard InChI is InChI=1S/C13H19NO4S/c1-7-8(2)18-9(3)11(7)12(15)14-10(13(16)17)5-6-19-4/h10H,5-6H2,1-4H3,(H,14,15)(H,16,17)/t10-/m1/s1. The molecule has 0 unspecified atom stereocenters. The Labute approximate surface area is 116 Å². The number of hydrogen-bond donors (Lipinski definition) is 2. The molecule has 0 aliphatic heterocycles. The van der Waals surface area contributed by atoms with Gasteiger partial charge in [0.05, 0.1) is 5.56 Å². The number of carboxylic acid groups (broad SMARTS) is 1. The molecule has 2 N–H and O–H groups in total. The fraction of sp³-hybridized carbons (Fsp3) is 0.538. The molecule has 0 saturated carbocycles. The van der Waals surface area contributed by atoms with Gasteiger partial charge in [-0.3, -0.25) is 4.79 Å². The molecule has 0 radical (unpaired) electrons. The van der Waals surface area contributed by atoms with Gasteiger partial charge in [-0.05, 0) is 39.2 Å². The van der Waals surface area contributed by atoms with Crippen LogP contribution in [-0.4, -0.2) is 35.0 Å². The molecule has 0 aliphatic rings. The van der Waals surface area contributed by atoms with Crippen LogP contribution in [0, 0.1) is 20.8 Å². The number of carboxylic acids is 1. The van der Waals surface area contributed by atoms with E-state index in [1.165, 1.54) is 0 Å². The molecule has 5 nitrogen and oxygen atoms in total. The Bertz CT molecular complexity index is 481. The lowest BCUT2D eigenvalue weighted by atomic mass is 10.1. The molecule has 1 rings (SSSR count). The summed E-state index contributed by atoms with van der Waals surface area (Å²) in [5.41, 5.74) is 1.19. The molecule has 0 aliphatic carbocycles. The Morgan fingerprint density at radius 1 is 1.32 bits per heavy atom. The maximum absolute atomic E-state index is 12.1. The van der Waals surface area contributed by atoms with E-state index in [-0.39, 0.29) is 5.91 Å². The first-order valence-corrected chi connectivity index (χ1v) is 7.37. The fourth-order valence-corrected chi connectivity index (χ4v) is 2.32. The third kappa shape index (κ3) is 3.76. The summed E-state index contributed by atoms with van der Waals surface area (Å²) in [6.45, 7) is 5.27. The minimum Gasteiger partial charge on any atom is -0.480 e. The zero-order valence-corrected chi connectivity index (χ0v) is 12.4. The molecule has 0 bridgehead atoms. The molecule has 0 spiro atoms. The minimum absolute atomic E-state index is 0.389. The quantitative estimate of drug-likeness (QED) is 0.837. The van der Waals surface area contributed by atoms with Gasteiger partial charge < -0.3 is 14.8 Å². The molecule has 1 atom stereocenters. The zero-order valence-electron chi connectivity index (χ0n) is 11.6. The molecule has 6 heteroatoms. The predicted octanol–water partition coefficient (Wildman–Crippen LogP) is 2.14. The van der Waals surface area contributed by atoms with E-state index in [0.717, 1.165) is 5.56 Å². The number of rotatable bonds is 6. The summed E-state index contributed by atoms with van der Waals surface area (Å²) in [5, 5.41) is 11.6. The number of carbonyl (C=O) groups is 2. The summed E-state index contributed by atoms with van der Waals surface area (Å²) >= 11 is 1.55. The average Bonchev–Trinajstić information content (AvgIpc) is 2.58.